The molecule has 7 nitrogen and oxygen atoms in total. The lowest BCUT2D eigenvalue weighted by atomic mass is 10.3. The van der Waals surface area contributed by atoms with Crippen LogP contribution in [-0.2, 0) is 21.2 Å². The Morgan fingerprint density at radius 1 is 1.20 bits per heavy atom. The monoisotopic (exact) mass is 366 g/mol. The van der Waals surface area contributed by atoms with Crippen LogP contribution < -0.4 is 9.47 Å². The first-order valence-electron chi connectivity index (χ1n) is 8.00. The average molecular weight is 366 g/mol. The van der Waals surface area contributed by atoms with Gasteiger partial charge in [-0.2, -0.15) is 0 Å². The Bertz CT molecular complexity index is 800. The molecule has 1 aromatic heterocycles. The first-order chi connectivity index (χ1) is 11.9. The van der Waals surface area contributed by atoms with Crippen molar-refractivity contribution in [3.05, 3.63) is 36.9 Å². The number of rotatable bonds is 10. The standard InChI is InChI=1S/C17H22N2O5S/c1-3-9-23-17-11-15(25(21,22)12-14(2)20)4-5-16(17)24-10-8-19-7-6-18-13-19/h4-7,11,13H,3,8-10,12H2,1-2H3. The molecule has 0 amide bonds. The summed E-state index contributed by atoms with van der Waals surface area (Å²) in [6.45, 7) is 4.64. The molecule has 0 radical (unpaired) electrons. The van der Waals surface area contributed by atoms with Crippen molar-refractivity contribution in [2.45, 2.75) is 31.7 Å². The number of carbonyl (C=O) groups is 1. The summed E-state index contributed by atoms with van der Waals surface area (Å²) in [5, 5.41) is 0. The molecule has 0 aliphatic rings. The highest BCUT2D eigenvalue weighted by molar-refractivity contribution is 7.92. The van der Waals surface area contributed by atoms with Crippen molar-refractivity contribution in [3.8, 4) is 11.5 Å². The van der Waals surface area contributed by atoms with E-state index in [-0.39, 0.29) is 4.90 Å². The van der Waals surface area contributed by atoms with Gasteiger partial charge in [0.05, 0.1) is 24.4 Å². The minimum atomic E-state index is -3.68. The molecular formula is C17H22N2O5S. The van der Waals surface area contributed by atoms with Gasteiger partial charge in [-0.15, -0.1) is 0 Å². The van der Waals surface area contributed by atoms with Crippen molar-refractivity contribution in [3.63, 3.8) is 0 Å². The molecule has 0 N–H and O–H groups in total. The number of imidazole rings is 1. The van der Waals surface area contributed by atoms with E-state index in [0.717, 1.165) is 6.42 Å². The SMILES string of the molecule is CCCOc1cc(S(=O)(=O)CC(C)=O)ccc1OCCn1ccnc1. The lowest BCUT2D eigenvalue weighted by Gasteiger charge is -2.14. The number of Topliss-reactive ketones (excluding diaryl/α,β-unsaturated/α-hetero) is 1. The van der Waals surface area contributed by atoms with Crippen LogP contribution in [0, 0.1) is 0 Å². The summed E-state index contributed by atoms with van der Waals surface area (Å²) in [4.78, 5) is 15.2. The van der Waals surface area contributed by atoms with Crippen LogP contribution in [0.2, 0.25) is 0 Å². The van der Waals surface area contributed by atoms with Crippen LogP contribution in [0.4, 0.5) is 0 Å². The minimum absolute atomic E-state index is 0.0516. The Hall–Kier alpha value is -2.35. The van der Waals surface area contributed by atoms with Gasteiger partial charge >= 0.3 is 0 Å². The molecule has 0 saturated heterocycles. The van der Waals surface area contributed by atoms with Crippen LogP contribution in [0.5, 0.6) is 11.5 Å². The summed E-state index contributed by atoms with van der Waals surface area (Å²) in [6.07, 6.45) is 5.98. The molecule has 0 spiro atoms. The summed E-state index contributed by atoms with van der Waals surface area (Å²) >= 11 is 0. The van der Waals surface area contributed by atoms with E-state index in [1.165, 1.54) is 19.1 Å². The molecule has 0 aliphatic carbocycles. The van der Waals surface area contributed by atoms with Crippen molar-refractivity contribution in [2.24, 2.45) is 0 Å². The molecule has 2 aromatic rings. The van der Waals surface area contributed by atoms with Crippen LogP contribution in [0.15, 0.2) is 41.8 Å². The highest BCUT2D eigenvalue weighted by Gasteiger charge is 2.19. The molecule has 136 valence electrons. The lowest BCUT2D eigenvalue weighted by molar-refractivity contribution is -0.114. The predicted molar refractivity (Wildman–Crippen MR) is 92.7 cm³/mol. The number of aromatic nitrogens is 2. The number of ether oxygens (including phenoxy) is 2. The molecule has 1 aromatic carbocycles. The summed E-state index contributed by atoms with van der Waals surface area (Å²) in [7, 11) is -3.68. The maximum absolute atomic E-state index is 12.2. The Kier molecular flexibility index (Phi) is 6.58. The zero-order valence-electron chi connectivity index (χ0n) is 14.3. The number of hydrogen-bond acceptors (Lipinski definition) is 6. The summed E-state index contributed by atoms with van der Waals surface area (Å²) in [5.41, 5.74) is 0. The number of ketones is 1. The smallest absolute Gasteiger partial charge is 0.185 e. The van der Waals surface area contributed by atoms with Crippen molar-refractivity contribution in [2.75, 3.05) is 19.0 Å². The fraction of sp³-hybridized carbons (Fsp3) is 0.412. The Morgan fingerprint density at radius 2 is 1.96 bits per heavy atom. The second kappa shape index (κ2) is 8.66. The van der Waals surface area contributed by atoms with E-state index in [0.29, 0.717) is 31.3 Å². The molecule has 25 heavy (non-hydrogen) atoms. The van der Waals surface area contributed by atoms with Crippen LogP contribution in [0.3, 0.4) is 0 Å². The molecule has 0 saturated carbocycles. The highest BCUT2D eigenvalue weighted by atomic mass is 32.2. The first-order valence-corrected chi connectivity index (χ1v) is 9.65. The van der Waals surface area contributed by atoms with E-state index in [9.17, 15) is 13.2 Å². The minimum Gasteiger partial charge on any atom is -0.490 e. The van der Waals surface area contributed by atoms with Gasteiger partial charge < -0.3 is 14.0 Å². The zero-order valence-corrected chi connectivity index (χ0v) is 15.2. The van der Waals surface area contributed by atoms with Crippen molar-refractivity contribution >= 4 is 15.6 Å². The van der Waals surface area contributed by atoms with Gasteiger partial charge in [0.2, 0.25) is 0 Å². The van der Waals surface area contributed by atoms with Crippen molar-refractivity contribution in [1.29, 1.82) is 0 Å². The molecule has 1 heterocycles. The van der Waals surface area contributed by atoms with Gasteiger partial charge in [0, 0.05) is 18.5 Å². The molecule has 0 aliphatic heterocycles. The predicted octanol–water partition coefficient (Wildman–Crippen LogP) is 2.11. The van der Waals surface area contributed by atoms with Gasteiger partial charge in [-0.25, -0.2) is 13.4 Å². The third-order valence-corrected chi connectivity index (χ3v) is 5.05. The largest absolute Gasteiger partial charge is 0.490 e. The maximum atomic E-state index is 12.2. The van der Waals surface area contributed by atoms with Crippen LogP contribution in [0.1, 0.15) is 20.3 Å². The Balaban J connectivity index is 2.16. The summed E-state index contributed by atoms with van der Waals surface area (Å²) in [6, 6.07) is 4.41. The van der Waals surface area contributed by atoms with E-state index in [4.69, 9.17) is 9.47 Å². The second-order valence-electron chi connectivity index (χ2n) is 5.57. The number of carbonyl (C=O) groups excluding carboxylic acids is 1. The van der Waals surface area contributed by atoms with Gasteiger partial charge in [-0.3, -0.25) is 4.79 Å². The fourth-order valence-corrected chi connectivity index (χ4v) is 3.42. The highest BCUT2D eigenvalue weighted by Crippen LogP contribution is 2.31. The molecular weight excluding hydrogens is 344 g/mol. The number of nitrogens with zero attached hydrogens (tertiary/aromatic N) is 2. The van der Waals surface area contributed by atoms with Crippen molar-refractivity contribution < 1.29 is 22.7 Å². The first kappa shape index (κ1) is 19.0. The molecule has 2 rings (SSSR count). The lowest BCUT2D eigenvalue weighted by Crippen LogP contribution is -2.14. The van der Waals surface area contributed by atoms with Gasteiger partial charge in [-0.05, 0) is 25.5 Å². The molecule has 0 bridgehead atoms. The number of benzene rings is 1. The van der Waals surface area contributed by atoms with Crippen LogP contribution in [0.25, 0.3) is 0 Å². The van der Waals surface area contributed by atoms with Crippen LogP contribution >= 0.6 is 0 Å². The normalized spacial score (nSPS) is 11.3. The van der Waals surface area contributed by atoms with Gasteiger partial charge in [0.25, 0.3) is 0 Å². The van der Waals surface area contributed by atoms with Gasteiger partial charge in [0.1, 0.15) is 18.1 Å². The van der Waals surface area contributed by atoms with E-state index in [1.807, 2.05) is 17.7 Å². The van der Waals surface area contributed by atoms with Gasteiger partial charge in [-0.1, -0.05) is 6.92 Å². The van der Waals surface area contributed by atoms with E-state index in [1.54, 1.807) is 18.6 Å². The molecule has 0 atom stereocenters. The molecule has 0 fully saturated rings. The summed E-state index contributed by atoms with van der Waals surface area (Å²) in [5.74, 6) is -0.106. The third kappa shape index (κ3) is 5.60. The summed E-state index contributed by atoms with van der Waals surface area (Å²) < 4.78 is 37.7. The molecule has 8 heteroatoms. The number of hydrogen-bond donors (Lipinski definition) is 0. The topological polar surface area (TPSA) is 87.5 Å². The average Bonchev–Trinajstić information content (AvgIpc) is 3.05. The zero-order chi connectivity index (χ0) is 18.3. The molecule has 0 unspecified atom stereocenters. The van der Waals surface area contributed by atoms with E-state index < -0.39 is 21.4 Å². The van der Waals surface area contributed by atoms with Crippen molar-refractivity contribution in [1.82, 2.24) is 9.55 Å². The van der Waals surface area contributed by atoms with E-state index >= 15 is 0 Å². The Labute approximate surface area is 147 Å². The number of sulfone groups is 1. The van der Waals surface area contributed by atoms with Crippen LogP contribution in [-0.4, -0.2) is 42.7 Å². The van der Waals surface area contributed by atoms with Gasteiger partial charge in [0.15, 0.2) is 21.3 Å². The quantitative estimate of drug-likeness (QED) is 0.640. The fourth-order valence-electron chi connectivity index (χ4n) is 2.16. The Morgan fingerprint density at radius 3 is 2.60 bits per heavy atom. The maximum Gasteiger partial charge on any atom is 0.185 e. The second-order valence-corrected chi connectivity index (χ2v) is 7.56. The van der Waals surface area contributed by atoms with E-state index in [2.05, 4.69) is 4.98 Å². The third-order valence-electron chi connectivity index (χ3n) is 3.30.